The Morgan fingerprint density at radius 2 is 0.980 bits per heavy atom. The van der Waals surface area contributed by atoms with E-state index in [1.807, 2.05) is 48.5 Å². The lowest BCUT2D eigenvalue weighted by Gasteiger charge is -2.31. The van der Waals surface area contributed by atoms with Crippen molar-refractivity contribution < 1.29 is 8.83 Å². The average molecular weight is 634 g/mol. The van der Waals surface area contributed by atoms with E-state index >= 15 is 0 Å². The number of hydrogen-bond acceptors (Lipinski definition) is 5. The molecule has 0 N–H and O–H groups in total. The zero-order chi connectivity index (χ0) is 32.6. The molecule has 2 aromatic heterocycles. The monoisotopic (exact) mass is 633 g/mol. The van der Waals surface area contributed by atoms with Crippen molar-refractivity contribution in [3.8, 4) is 22.9 Å². The predicted octanol–water partition coefficient (Wildman–Crippen LogP) is 11.6. The van der Waals surface area contributed by atoms with Crippen molar-refractivity contribution in [2.45, 2.75) is 12.3 Å². The van der Waals surface area contributed by atoms with E-state index in [0.717, 1.165) is 56.8 Å². The molecule has 234 valence electrons. The van der Waals surface area contributed by atoms with Gasteiger partial charge in [0.15, 0.2) is 11.2 Å². The van der Waals surface area contributed by atoms with Gasteiger partial charge in [0, 0.05) is 34.1 Å². The second-order valence-corrected chi connectivity index (χ2v) is 12.3. The van der Waals surface area contributed by atoms with E-state index in [2.05, 4.69) is 126 Å². The Hall–Kier alpha value is -6.46. The Kier molecular flexibility index (Phi) is 7.21. The maximum atomic E-state index is 6.10. The summed E-state index contributed by atoms with van der Waals surface area (Å²) >= 11 is 0. The summed E-state index contributed by atoms with van der Waals surface area (Å²) in [6.07, 6.45) is 5.64. The molecule has 0 bridgehead atoms. The molecule has 0 amide bonds. The molecule has 9 rings (SSSR count). The van der Waals surface area contributed by atoms with Gasteiger partial charge in [0.2, 0.25) is 11.8 Å². The first-order chi connectivity index (χ1) is 24.2. The molecule has 1 atom stereocenters. The van der Waals surface area contributed by atoms with Crippen LogP contribution in [0.15, 0.2) is 184 Å². The quantitative estimate of drug-likeness (QED) is 0.175. The summed E-state index contributed by atoms with van der Waals surface area (Å²) < 4.78 is 12.2. The van der Waals surface area contributed by atoms with E-state index in [1.165, 1.54) is 16.7 Å². The topological polar surface area (TPSA) is 55.3 Å². The first-order valence-corrected chi connectivity index (χ1v) is 16.5. The number of oxazole rings is 2. The zero-order valence-electron chi connectivity index (χ0n) is 26.6. The highest BCUT2D eigenvalue weighted by Crippen LogP contribution is 2.41. The number of aromatic nitrogens is 2. The number of fused-ring (bicyclic) bond motifs is 2. The van der Waals surface area contributed by atoms with Crippen LogP contribution in [-0.2, 0) is 0 Å². The van der Waals surface area contributed by atoms with Crippen LogP contribution >= 0.6 is 0 Å². The minimum atomic E-state index is 0.206. The molecule has 0 aliphatic heterocycles. The van der Waals surface area contributed by atoms with Crippen LogP contribution in [0, 0.1) is 0 Å². The van der Waals surface area contributed by atoms with Crippen molar-refractivity contribution >= 4 is 39.1 Å². The van der Waals surface area contributed by atoms with Crippen LogP contribution in [0.3, 0.4) is 0 Å². The number of rotatable bonds is 7. The van der Waals surface area contributed by atoms with Gasteiger partial charge in [0.1, 0.15) is 11.0 Å². The summed E-state index contributed by atoms with van der Waals surface area (Å²) in [4.78, 5) is 11.8. The standard InChI is InChI=1S/C44H31N3O2/c1-3-11-30(12-4-1)34-27-35(31-13-5-2-6-14-31)29-38(28-34)47(36-23-19-32(20-24-36)43-45-39-15-7-9-17-41(39)48-43)37-25-21-33(22-26-37)44-46-40-16-8-10-18-42(40)49-44/h1-26,28-29,34H,27H2. The van der Waals surface area contributed by atoms with E-state index in [4.69, 9.17) is 18.8 Å². The lowest BCUT2D eigenvalue weighted by Crippen LogP contribution is -2.19. The van der Waals surface area contributed by atoms with Gasteiger partial charge in [0.25, 0.3) is 0 Å². The Morgan fingerprint density at radius 1 is 0.490 bits per heavy atom. The summed E-state index contributed by atoms with van der Waals surface area (Å²) in [6.45, 7) is 0. The van der Waals surface area contributed by atoms with E-state index < -0.39 is 0 Å². The van der Waals surface area contributed by atoms with Gasteiger partial charge in [-0.3, -0.25) is 0 Å². The first-order valence-electron chi connectivity index (χ1n) is 16.5. The van der Waals surface area contributed by atoms with Crippen LogP contribution < -0.4 is 4.90 Å². The summed E-state index contributed by atoms with van der Waals surface area (Å²) in [7, 11) is 0. The third kappa shape index (κ3) is 5.62. The second kappa shape index (κ2) is 12.3. The number of para-hydroxylation sites is 4. The van der Waals surface area contributed by atoms with E-state index in [9.17, 15) is 0 Å². The second-order valence-electron chi connectivity index (χ2n) is 12.3. The van der Waals surface area contributed by atoms with Gasteiger partial charge in [-0.25, -0.2) is 9.97 Å². The third-order valence-corrected chi connectivity index (χ3v) is 9.10. The number of anilines is 2. The SMILES string of the molecule is C1=C(c2ccccc2)CC(c2ccccc2)C=C1N(c1ccc(-c2nc3ccccc3o2)cc1)c1ccc(-c2nc3ccccc3o2)cc1. The van der Waals surface area contributed by atoms with Crippen molar-refractivity contribution in [3.63, 3.8) is 0 Å². The average Bonchev–Trinajstić information content (AvgIpc) is 3.81. The number of benzene rings is 6. The van der Waals surface area contributed by atoms with Crippen LogP contribution in [0.5, 0.6) is 0 Å². The normalized spacial score (nSPS) is 14.5. The molecule has 5 nitrogen and oxygen atoms in total. The fourth-order valence-electron chi connectivity index (χ4n) is 6.64. The maximum Gasteiger partial charge on any atom is 0.227 e. The highest BCUT2D eigenvalue weighted by Gasteiger charge is 2.24. The van der Waals surface area contributed by atoms with Crippen molar-refractivity contribution in [2.24, 2.45) is 0 Å². The van der Waals surface area contributed by atoms with Crippen molar-refractivity contribution in [1.82, 2.24) is 9.97 Å². The third-order valence-electron chi connectivity index (χ3n) is 9.10. The van der Waals surface area contributed by atoms with Gasteiger partial charge in [-0.2, -0.15) is 0 Å². The van der Waals surface area contributed by atoms with Crippen molar-refractivity contribution in [3.05, 3.63) is 187 Å². The van der Waals surface area contributed by atoms with Crippen LogP contribution in [0.25, 0.3) is 50.7 Å². The molecule has 8 aromatic rings. The Labute approximate surface area is 284 Å². The molecule has 0 saturated heterocycles. The van der Waals surface area contributed by atoms with Crippen LogP contribution in [0.4, 0.5) is 11.4 Å². The fraction of sp³-hybridized carbons (Fsp3) is 0.0455. The first kappa shape index (κ1) is 28.7. The van der Waals surface area contributed by atoms with E-state index in [-0.39, 0.29) is 5.92 Å². The Bertz CT molecular complexity index is 2270. The van der Waals surface area contributed by atoms with Crippen LogP contribution in [-0.4, -0.2) is 9.97 Å². The smallest absolute Gasteiger partial charge is 0.227 e. The van der Waals surface area contributed by atoms with Crippen molar-refractivity contribution in [1.29, 1.82) is 0 Å². The Morgan fingerprint density at radius 3 is 1.51 bits per heavy atom. The molecule has 2 heterocycles. The number of hydrogen-bond donors (Lipinski definition) is 0. The summed E-state index contributed by atoms with van der Waals surface area (Å²) in [5.41, 5.74) is 12.1. The molecule has 49 heavy (non-hydrogen) atoms. The van der Waals surface area contributed by atoms with E-state index in [1.54, 1.807) is 0 Å². The van der Waals surface area contributed by atoms with Crippen molar-refractivity contribution in [2.75, 3.05) is 4.90 Å². The molecular weight excluding hydrogens is 603 g/mol. The molecule has 0 radical (unpaired) electrons. The van der Waals surface area contributed by atoms with Gasteiger partial charge >= 0.3 is 0 Å². The minimum Gasteiger partial charge on any atom is -0.436 e. The van der Waals surface area contributed by atoms with E-state index in [0.29, 0.717) is 11.8 Å². The Balaban J connectivity index is 1.16. The molecule has 5 heteroatoms. The van der Waals surface area contributed by atoms with Gasteiger partial charge in [-0.1, -0.05) is 91.0 Å². The largest absolute Gasteiger partial charge is 0.436 e. The summed E-state index contributed by atoms with van der Waals surface area (Å²) in [5, 5.41) is 0. The predicted molar refractivity (Wildman–Crippen MR) is 197 cm³/mol. The minimum absolute atomic E-state index is 0.206. The van der Waals surface area contributed by atoms with Gasteiger partial charge < -0.3 is 13.7 Å². The molecule has 1 aliphatic carbocycles. The molecule has 0 fully saturated rings. The molecule has 1 aliphatic rings. The maximum absolute atomic E-state index is 6.10. The summed E-state index contributed by atoms with van der Waals surface area (Å²) in [5.74, 6) is 1.42. The number of nitrogens with zero attached hydrogens (tertiary/aromatic N) is 3. The summed E-state index contributed by atoms with van der Waals surface area (Å²) in [6, 6.07) is 54.1. The number of allylic oxidation sites excluding steroid dienone is 3. The van der Waals surface area contributed by atoms with Gasteiger partial charge in [0.05, 0.1) is 0 Å². The van der Waals surface area contributed by atoms with Crippen LogP contribution in [0.1, 0.15) is 23.5 Å². The zero-order valence-corrected chi connectivity index (χ0v) is 26.6. The molecule has 6 aromatic carbocycles. The highest BCUT2D eigenvalue weighted by atomic mass is 16.4. The van der Waals surface area contributed by atoms with Crippen LogP contribution in [0.2, 0.25) is 0 Å². The molecule has 1 unspecified atom stereocenters. The lowest BCUT2D eigenvalue weighted by molar-refractivity contribution is 0.619. The van der Waals surface area contributed by atoms with Gasteiger partial charge in [-0.15, -0.1) is 0 Å². The van der Waals surface area contributed by atoms with Gasteiger partial charge in [-0.05, 0) is 102 Å². The lowest BCUT2D eigenvalue weighted by atomic mass is 9.84. The molecule has 0 saturated carbocycles. The fourth-order valence-corrected chi connectivity index (χ4v) is 6.64. The molecular formula is C44H31N3O2. The highest BCUT2D eigenvalue weighted by molar-refractivity contribution is 5.81. The molecule has 0 spiro atoms.